The van der Waals surface area contributed by atoms with Crippen molar-refractivity contribution in [2.24, 2.45) is 0 Å². The monoisotopic (exact) mass is 332 g/mol. The average molecular weight is 333 g/mol. The molecule has 0 bridgehead atoms. The Balaban J connectivity index is 1.94. The standard InChI is InChI=1S/C13H12ClF3N4O/c1-7-4-18-20(5-7)9(22)6-21-11(8-2-3-8)10(14)12(19-21)13(15,16)17/h4-5,8H,2-3,6H2,1H3. The van der Waals surface area contributed by atoms with Gasteiger partial charge in [-0.05, 0) is 25.3 Å². The number of alkyl halides is 3. The highest BCUT2D eigenvalue weighted by molar-refractivity contribution is 6.32. The molecule has 2 heterocycles. The first-order chi connectivity index (χ1) is 10.3. The number of aromatic nitrogens is 4. The van der Waals surface area contributed by atoms with Gasteiger partial charge in [0.05, 0.1) is 16.9 Å². The summed E-state index contributed by atoms with van der Waals surface area (Å²) in [6.07, 6.45) is -0.140. The average Bonchev–Trinajstić information content (AvgIpc) is 3.05. The number of hydrogen-bond acceptors (Lipinski definition) is 3. The summed E-state index contributed by atoms with van der Waals surface area (Å²) >= 11 is 5.85. The number of halogens is 4. The van der Waals surface area contributed by atoms with Crippen molar-refractivity contribution in [2.45, 2.75) is 38.4 Å². The predicted octanol–water partition coefficient (Wildman–Crippen LogP) is 3.28. The molecule has 5 nitrogen and oxygen atoms in total. The number of carbonyl (C=O) groups is 1. The van der Waals surface area contributed by atoms with Crippen molar-refractivity contribution in [1.29, 1.82) is 0 Å². The van der Waals surface area contributed by atoms with Crippen LogP contribution in [0.1, 0.15) is 40.5 Å². The van der Waals surface area contributed by atoms with Crippen LogP contribution < -0.4 is 0 Å². The third-order valence-electron chi connectivity index (χ3n) is 3.42. The molecule has 3 rings (SSSR count). The summed E-state index contributed by atoms with van der Waals surface area (Å²) in [6, 6.07) is 0. The van der Waals surface area contributed by atoms with E-state index in [0.29, 0.717) is 0 Å². The Hall–Kier alpha value is -1.83. The van der Waals surface area contributed by atoms with Gasteiger partial charge in [-0.25, -0.2) is 4.68 Å². The first-order valence-electron chi connectivity index (χ1n) is 6.65. The Morgan fingerprint density at radius 2 is 2.14 bits per heavy atom. The van der Waals surface area contributed by atoms with Crippen LogP contribution >= 0.6 is 11.6 Å². The molecule has 1 aliphatic rings. The van der Waals surface area contributed by atoms with Gasteiger partial charge in [0, 0.05) is 12.1 Å². The van der Waals surface area contributed by atoms with Crippen LogP contribution in [0.3, 0.4) is 0 Å². The molecule has 9 heteroatoms. The smallest absolute Gasteiger partial charge is 0.270 e. The van der Waals surface area contributed by atoms with Crippen LogP contribution in [0, 0.1) is 6.92 Å². The maximum Gasteiger partial charge on any atom is 0.436 e. The molecule has 0 atom stereocenters. The van der Waals surface area contributed by atoms with E-state index in [1.165, 1.54) is 12.4 Å². The summed E-state index contributed by atoms with van der Waals surface area (Å²) < 4.78 is 40.9. The molecule has 0 N–H and O–H groups in total. The van der Waals surface area contributed by atoms with Crippen LogP contribution in [-0.4, -0.2) is 25.5 Å². The number of rotatable bonds is 3. The first-order valence-corrected chi connectivity index (χ1v) is 7.03. The zero-order valence-electron chi connectivity index (χ0n) is 11.6. The Bertz CT molecular complexity index is 730. The largest absolute Gasteiger partial charge is 0.436 e. The fourth-order valence-corrected chi connectivity index (χ4v) is 2.65. The molecule has 1 saturated carbocycles. The van der Waals surface area contributed by atoms with Crippen LogP contribution in [-0.2, 0) is 12.7 Å². The highest BCUT2D eigenvalue weighted by Gasteiger charge is 2.42. The molecule has 0 aliphatic heterocycles. The van der Waals surface area contributed by atoms with Crippen LogP contribution in [0.25, 0.3) is 0 Å². The second-order valence-corrected chi connectivity index (χ2v) is 5.71. The van der Waals surface area contributed by atoms with Crippen LogP contribution in [0.15, 0.2) is 12.4 Å². The van der Waals surface area contributed by atoms with Gasteiger partial charge in [-0.15, -0.1) is 0 Å². The fourth-order valence-electron chi connectivity index (χ4n) is 2.25. The summed E-state index contributed by atoms with van der Waals surface area (Å²) in [6.45, 7) is 1.43. The Labute approximate surface area is 128 Å². The van der Waals surface area contributed by atoms with Gasteiger partial charge in [-0.1, -0.05) is 11.6 Å². The highest BCUT2D eigenvalue weighted by Crippen LogP contribution is 2.46. The van der Waals surface area contributed by atoms with Gasteiger partial charge in [0.2, 0.25) is 0 Å². The number of aryl methyl sites for hydroxylation is 1. The van der Waals surface area contributed by atoms with Gasteiger partial charge in [-0.2, -0.15) is 23.4 Å². The van der Waals surface area contributed by atoms with E-state index >= 15 is 0 Å². The molecule has 0 aromatic carbocycles. The molecule has 0 saturated heterocycles. The third kappa shape index (κ3) is 2.75. The minimum atomic E-state index is -4.64. The van der Waals surface area contributed by atoms with Gasteiger partial charge < -0.3 is 0 Å². The molecule has 0 radical (unpaired) electrons. The van der Waals surface area contributed by atoms with E-state index in [2.05, 4.69) is 10.2 Å². The second kappa shape index (κ2) is 5.12. The zero-order chi connectivity index (χ0) is 16.1. The van der Waals surface area contributed by atoms with Crippen molar-refractivity contribution in [3.05, 3.63) is 34.4 Å². The maximum atomic E-state index is 12.9. The van der Waals surface area contributed by atoms with Crippen molar-refractivity contribution in [3.63, 3.8) is 0 Å². The van der Waals surface area contributed by atoms with E-state index in [1.54, 1.807) is 6.92 Å². The third-order valence-corrected chi connectivity index (χ3v) is 3.79. The normalized spacial score (nSPS) is 15.3. The predicted molar refractivity (Wildman–Crippen MR) is 71.8 cm³/mol. The van der Waals surface area contributed by atoms with Crippen molar-refractivity contribution < 1.29 is 18.0 Å². The molecule has 2 aromatic heterocycles. The minimum absolute atomic E-state index is 0.0664. The molecule has 118 valence electrons. The topological polar surface area (TPSA) is 52.7 Å². The number of carbonyl (C=O) groups excluding carboxylic acids is 1. The van der Waals surface area contributed by atoms with Gasteiger partial charge in [0.15, 0.2) is 5.69 Å². The van der Waals surface area contributed by atoms with Gasteiger partial charge in [-0.3, -0.25) is 9.48 Å². The van der Waals surface area contributed by atoms with Crippen molar-refractivity contribution in [2.75, 3.05) is 0 Å². The lowest BCUT2D eigenvalue weighted by Crippen LogP contribution is -2.20. The Morgan fingerprint density at radius 3 is 2.64 bits per heavy atom. The molecular weight excluding hydrogens is 321 g/mol. The SMILES string of the molecule is Cc1cnn(C(=O)Cn2nc(C(F)(F)F)c(Cl)c2C2CC2)c1. The quantitative estimate of drug-likeness (QED) is 0.866. The Kier molecular flexibility index (Phi) is 3.51. The molecule has 22 heavy (non-hydrogen) atoms. The summed E-state index contributed by atoms with van der Waals surface area (Å²) in [5.41, 5.74) is -0.0722. The summed E-state index contributed by atoms with van der Waals surface area (Å²) in [7, 11) is 0. The van der Waals surface area contributed by atoms with E-state index in [-0.39, 0.29) is 18.2 Å². The van der Waals surface area contributed by atoms with E-state index in [0.717, 1.165) is 27.8 Å². The molecular formula is C13H12ClF3N4O. The molecule has 0 unspecified atom stereocenters. The number of hydrogen-bond donors (Lipinski definition) is 0. The summed E-state index contributed by atoms with van der Waals surface area (Å²) in [5, 5.41) is 6.96. The van der Waals surface area contributed by atoms with E-state index < -0.39 is 22.8 Å². The lowest BCUT2D eigenvalue weighted by atomic mass is 10.2. The maximum absolute atomic E-state index is 12.9. The fraction of sp³-hybridized carbons (Fsp3) is 0.462. The van der Waals surface area contributed by atoms with E-state index in [1.807, 2.05) is 0 Å². The number of nitrogens with zero attached hydrogens (tertiary/aromatic N) is 4. The molecule has 1 aliphatic carbocycles. The first kappa shape index (κ1) is 15.1. The minimum Gasteiger partial charge on any atom is -0.270 e. The van der Waals surface area contributed by atoms with Crippen molar-refractivity contribution in [1.82, 2.24) is 19.6 Å². The van der Waals surface area contributed by atoms with Crippen molar-refractivity contribution in [3.8, 4) is 0 Å². The van der Waals surface area contributed by atoms with Crippen molar-refractivity contribution >= 4 is 17.5 Å². The van der Waals surface area contributed by atoms with Crippen LogP contribution in [0.5, 0.6) is 0 Å². The molecule has 0 amide bonds. The molecule has 1 fully saturated rings. The summed E-state index contributed by atoms with van der Waals surface area (Å²) in [4.78, 5) is 12.1. The molecule has 0 spiro atoms. The highest BCUT2D eigenvalue weighted by atomic mass is 35.5. The van der Waals surface area contributed by atoms with Crippen LogP contribution in [0.4, 0.5) is 13.2 Å². The molecule has 2 aromatic rings. The van der Waals surface area contributed by atoms with Gasteiger partial charge in [0.1, 0.15) is 6.54 Å². The zero-order valence-corrected chi connectivity index (χ0v) is 12.3. The van der Waals surface area contributed by atoms with Crippen LogP contribution in [0.2, 0.25) is 5.02 Å². The lowest BCUT2D eigenvalue weighted by molar-refractivity contribution is -0.141. The lowest BCUT2D eigenvalue weighted by Gasteiger charge is -2.06. The van der Waals surface area contributed by atoms with E-state index in [4.69, 9.17) is 11.6 Å². The summed E-state index contributed by atoms with van der Waals surface area (Å²) in [5.74, 6) is -0.536. The second-order valence-electron chi connectivity index (χ2n) is 5.33. The Morgan fingerprint density at radius 1 is 1.45 bits per heavy atom. The van der Waals surface area contributed by atoms with Gasteiger partial charge >= 0.3 is 6.18 Å². The van der Waals surface area contributed by atoms with E-state index in [9.17, 15) is 18.0 Å². The van der Waals surface area contributed by atoms with Gasteiger partial charge in [0.25, 0.3) is 5.91 Å².